The molecule has 2 radical (unpaired) electrons. The van der Waals surface area contributed by atoms with Gasteiger partial charge in [-0.15, -0.1) is 0 Å². The Morgan fingerprint density at radius 1 is 0.750 bits per heavy atom. The zero-order valence-electron chi connectivity index (χ0n) is 1.63. The SMILES string of the molecule is O.O.[Ag].[Co]. The van der Waals surface area contributed by atoms with E-state index in [2.05, 4.69) is 0 Å². The standard InChI is InChI=1S/Ag.Co.2H2O/h;;2*1H2. The average molecular weight is 203 g/mol. The summed E-state index contributed by atoms with van der Waals surface area (Å²) in [6.45, 7) is 0. The van der Waals surface area contributed by atoms with Crippen molar-refractivity contribution in [1.82, 2.24) is 0 Å². The monoisotopic (exact) mass is 202 g/mol. The van der Waals surface area contributed by atoms with E-state index in [0.29, 0.717) is 0 Å². The minimum atomic E-state index is 0. The second-order valence-electron chi connectivity index (χ2n) is 0. The predicted octanol–water partition coefficient (Wildman–Crippen LogP) is -1.65. The second kappa shape index (κ2) is 30.7. The van der Waals surface area contributed by atoms with Crippen LogP contribution in [0.4, 0.5) is 0 Å². The van der Waals surface area contributed by atoms with Gasteiger partial charge in [0.1, 0.15) is 0 Å². The van der Waals surface area contributed by atoms with Crippen molar-refractivity contribution >= 4 is 0 Å². The van der Waals surface area contributed by atoms with Crippen LogP contribution >= 0.6 is 0 Å². The first kappa shape index (κ1) is 65.9. The van der Waals surface area contributed by atoms with Crippen molar-refractivity contribution < 1.29 is 50.1 Å². The smallest absolute Gasteiger partial charge is 0 e. The molecule has 0 fully saturated rings. The molecule has 36 valence electrons. The summed E-state index contributed by atoms with van der Waals surface area (Å²) < 4.78 is 0. The van der Waals surface area contributed by atoms with Gasteiger partial charge >= 0.3 is 0 Å². The van der Waals surface area contributed by atoms with Gasteiger partial charge in [-0.05, 0) is 0 Å². The Bertz CT molecular complexity index is 6.00. The zero-order chi connectivity index (χ0) is 0. The molecule has 0 amide bonds. The number of hydrogen-bond donors (Lipinski definition) is 0. The third kappa shape index (κ3) is 10.9. The molecule has 0 aliphatic rings. The molecule has 2 nitrogen and oxygen atoms in total. The molecular weight excluding hydrogens is 199 g/mol. The van der Waals surface area contributed by atoms with Gasteiger partial charge in [-0.3, -0.25) is 0 Å². The fourth-order valence-corrected chi connectivity index (χ4v) is 0. The van der Waals surface area contributed by atoms with Crippen LogP contribution in [-0.2, 0) is 39.2 Å². The largest absolute Gasteiger partial charge is 0.412 e. The minimum Gasteiger partial charge on any atom is -0.412 e. The third-order valence-electron chi connectivity index (χ3n) is 0. The third-order valence-corrected chi connectivity index (χ3v) is 0. The molecule has 0 aliphatic heterocycles. The summed E-state index contributed by atoms with van der Waals surface area (Å²) in [5.74, 6) is 0. The van der Waals surface area contributed by atoms with Gasteiger partial charge in [0.2, 0.25) is 0 Å². The summed E-state index contributed by atoms with van der Waals surface area (Å²) in [4.78, 5) is 0. The molecule has 0 aliphatic carbocycles. The van der Waals surface area contributed by atoms with E-state index in [1.807, 2.05) is 0 Å². The van der Waals surface area contributed by atoms with Crippen LogP contribution in [0.1, 0.15) is 0 Å². The van der Waals surface area contributed by atoms with E-state index < -0.39 is 0 Å². The second-order valence-corrected chi connectivity index (χ2v) is 0. The molecule has 0 saturated heterocycles. The maximum atomic E-state index is 0. The van der Waals surface area contributed by atoms with Crippen LogP contribution in [0.2, 0.25) is 0 Å². The molecule has 0 heterocycles. The van der Waals surface area contributed by atoms with Gasteiger partial charge in [0, 0.05) is 39.2 Å². The van der Waals surface area contributed by atoms with Gasteiger partial charge in [0.25, 0.3) is 0 Å². The van der Waals surface area contributed by atoms with Crippen LogP contribution in [0.25, 0.3) is 0 Å². The maximum absolute atomic E-state index is 0. The summed E-state index contributed by atoms with van der Waals surface area (Å²) in [7, 11) is 0. The molecule has 4 heteroatoms. The minimum absolute atomic E-state index is 0. The molecule has 0 aromatic rings. The van der Waals surface area contributed by atoms with Crippen LogP contribution < -0.4 is 0 Å². The molecule has 0 unspecified atom stereocenters. The fraction of sp³-hybridized carbons (Fsp3) is 0. The average Bonchev–Trinajstić information content (AvgIpc) is 0. The summed E-state index contributed by atoms with van der Waals surface area (Å²) in [6, 6.07) is 0. The molecule has 0 saturated carbocycles. The molecule has 0 aromatic heterocycles. The van der Waals surface area contributed by atoms with E-state index >= 15 is 0 Å². The van der Waals surface area contributed by atoms with E-state index in [0.717, 1.165) is 0 Å². The normalized spacial score (nSPS) is 0. The number of rotatable bonds is 0. The van der Waals surface area contributed by atoms with Gasteiger partial charge < -0.3 is 11.0 Å². The summed E-state index contributed by atoms with van der Waals surface area (Å²) in [5, 5.41) is 0. The molecule has 4 heavy (non-hydrogen) atoms. The summed E-state index contributed by atoms with van der Waals surface area (Å²) in [6.07, 6.45) is 0. The molecule has 0 atom stereocenters. The topological polar surface area (TPSA) is 63.0 Å². The first-order chi connectivity index (χ1) is 0. The van der Waals surface area contributed by atoms with E-state index in [4.69, 9.17) is 0 Å². The molecule has 0 bridgehead atoms. The zero-order valence-corrected chi connectivity index (χ0v) is 4.16. The van der Waals surface area contributed by atoms with Gasteiger partial charge in [-0.1, -0.05) is 0 Å². The van der Waals surface area contributed by atoms with E-state index in [1.165, 1.54) is 0 Å². The molecule has 0 spiro atoms. The van der Waals surface area contributed by atoms with Crippen molar-refractivity contribution in [2.75, 3.05) is 0 Å². The summed E-state index contributed by atoms with van der Waals surface area (Å²) >= 11 is 0. The Balaban J connectivity index is 0. The van der Waals surface area contributed by atoms with Crippen LogP contribution in [0, 0.1) is 0 Å². The Morgan fingerprint density at radius 3 is 0.750 bits per heavy atom. The maximum Gasteiger partial charge on any atom is 0 e. The van der Waals surface area contributed by atoms with Crippen LogP contribution in [0.3, 0.4) is 0 Å². The summed E-state index contributed by atoms with van der Waals surface area (Å²) in [5.41, 5.74) is 0. The van der Waals surface area contributed by atoms with Gasteiger partial charge in [-0.25, -0.2) is 0 Å². The fourth-order valence-electron chi connectivity index (χ4n) is 0. The van der Waals surface area contributed by atoms with Crippen molar-refractivity contribution in [3.05, 3.63) is 0 Å². The van der Waals surface area contributed by atoms with E-state index in [9.17, 15) is 0 Å². The Kier molecular flexibility index (Phi) is 506. The van der Waals surface area contributed by atoms with E-state index in [-0.39, 0.29) is 50.1 Å². The van der Waals surface area contributed by atoms with Crippen molar-refractivity contribution in [2.24, 2.45) is 0 Å². The van der Waals surface area contributed by atoms with Crippen molar-refractivity contribution in [3.63, 3.8) is 0 Å². The molecule has 0 aromatic carbocycles. The van der Waals surface area contributed by atoms with Crippen LogP contribution in [-0.4, -0.2) is 11.0 Å². The van der Waals surface area contributed by atoms with Gasteiger partial charge in [0.15, 0.2) is 0 Å². The van der Waals surface area contributed by atoms with Crippen molar-refractivity contribution in [1.29, 1.82) is 0 Å². The van der Waals surface area contributed by atoms with Crippen LogP contribution in [0.15, 0.2) is 0 Å². The molecule has 4 N–H and O–H groups in total. The van der Waals surface area contributed by atoms with Crippen LogP contribution in [0.5, 0.6) is 0 Å². The predicted molar refractivity (Wildman–Crippen MR) is 7.23 cm³/mol. The quantitative estimate of drug-likeness (QED) is 0.423. The van der Waals surface area contributed by atoms with Gasteiger partial charge in [0.05, 0.1) is 0 Å². The number of hydrogen-bond acceptors (Lipinski definition) is 0. The molecular formula is H4AgCoO2. The Labute approximate surface area is 50.3 Å². The first-order valence-corrected chi connectivity index (χ1v) is 0. The Hall–Kier alpha value is 1.17. The van der Waals surface area contributed by atoms with Crippen molar-refractivity contribution in [2.45, 2.75) is 0 Å². The van der Waals surface area contributed by atoms with E-state index in [1.54, 1.807) is 0 Å². The molecule has 0 rings (SSSR count). The Morgan fingerprint density at radius 2 is 0.750 bits per heavy atom. The van der Waals surface area contributed by atoms with Crippen molar-refractivity contribution in [3.8, 4) is 0 Å². The first-order valence-electron chi connectivity index (χ1n) is 0. The van der Waals surface area contributed by atoms with Gasteiger partial charge in [-0.2, -0.15) is 0 Å².